The molecule has 3 rings (SSSR count). The zero-order valence-corrected chi connectivity index (χ0v) is 19.7. The molecule has 30 heavy (non-hydrogen) atoms. The molecular weight excluding hydrogens is 372 g/mol. The van der Waals surface area contributed by atoms with Crippen LogP contribution in [0.25, 0.3) is 0 Å². The summed E-state index contributed by atoms with van der Waals surface area (Å²) in [7, 11) is 1.74. The minimum absolute atomic E-state index is 0.191. The molecule has 1 amide bonds. The first-order valence-electron chi connectivity index (χ1n) is 12.0. The maximum atomic E-state index is 12.9. The normalized spacial score (nSPS) is 21.8. The van der Waals surface area contributed by atoms with Gasteiger partial charge in [-0.15, -0.1) is 0 Å². The highest BCUT2D eigenvalue weighted by molar-refractivity contribution is 5.81. The molecule has 1 N–H and O–H groups in total. The summed E-state index contributed by atoms with van der Waals surface area (Å²) in [5.74, 6) is 2.35. The molecule has 1 aliphatic carbocycles. The Morgan fingerprint density at radius 1 is 1.10 bits per heavy atom. The molecule has 4 heteroatoms. The third-order valence-electron chi connectivity index (χ3n) is 7.33. The number of ether oxygens (including phenoxy) is 1. The topological polar surface area (TPSA) is 41.6 Å². The van der Waals surface area contributed by atoms with Crippen LogP contribution in [0.1, 0.15) is 84.1 Å². The van der Waals surface area contributed by atoms with Gasteiger partial charge in [0.2, 0.25) is 5.91 Å². The van der Waals surface area contributed by atoms with Crippen molar-refractivity contribution < 1.29 is 9.53 Å². The van der Waals surface area contributed by atoms with E-state index in [0.29, 0.717) is 17.9 Å². The number of likely N-dealkylation sites (tertiary alicyclic amines) is 1. The SMILES string of the molecule is COc1cccc(C2CCN(C(C)[C@H](NC(=O)C(C)(C)C)C3CCCCC3)CC2)c1. The molecule has 1 aliphatic heterocycles. The standard InChI is InChI=1S/C26H42N2O2/c1-19(24(21-10-7-6-8-11-21)27-25(29)26(2,3)4)28-16-14-20(15-17-28)22-12-9-13-23(18-22)30-5/h9,12-13,18-21,24H,6-8,10-11,14-17H2,1-5H3,(H,27,29)/t19?,24-/m0/s1. The van der Waals surface area contributed by atoms with Gasteiger partial charge in [0.15, 0.2) is 0 Å². The van der Waals surface area contributed by atoms with Gasteiger partial charge in [-0.1, -0.05) is 52.2 Å². The van der Waals surface area contributed by atoms with Crippen molar-refractivity contribution in [2.45, 2.75) is 90.6 Å². The summed E-state index contributed by atoms with van der Waals surface area (Å²) in [5, 5.41) is 3.48. The van der Waals surface area contributed by atoms with Gasteiger partial charge in [0.25, 0.3) is 0 Å². The average Bonchev–Trinajstić information content (AvgIpc) is 2.77. The van der Waals surface area contributed by atoms with E-state index in [-0.39, 0.29) is 17.4 Å². The van der Waals surface area contributed by atoms with Crippen LogP contribution in [-0.2, 0) is 4.79 Å². The number of carbonyl (C=O) groups is 1. The Morgan fingerprint density at radius 3 is 2.37 bits per heavy atom. The predicted octanol–water partition coefficient (Wildman–Crippen LogP) is 5.37. The molecule has 0 spiro atoms. The fourth-order valence-electron chi connectivity index (χ4n) is 5.26. The molecule has 0 aromatic heterocycles. The lowest BCUT2D eigenvalue weighted by Gasteiger charge is -2.44. The van der Waals surface area contributed by atoms with Gasteiger partial charge >= 0.3 is 0 Å². The lowest BCUT2D eigenvalue weighted by Crippen LogP contribution is -2.57. The Kier molecular flexibility index (Phi) is 7.84. The van der Waals surface area contributed by atoms with Gasteiger partial charge in [-0.2, -0.15) is 0 Å². The van der Waals surface area contributed by atoms with Crippen molar-refractivity contribution in [3.8, 4) is 5.75 Å². The largest absolute Gasteiger partial charge is 0.497 e. The Morgan fingerprint density at radius 2 is 1.77 bits per heavy atom. The van der Waals surface area contributed by atoms with E-state index in [9.17, 15) is 4.79 Å². The maximum absolute atomic E-state index is 12.9. The number of nitrogens with zero attached hydrogens (tertiary/aromatic N) is 1. The molecule has 1 saturated carbocycles. The molecule has 0 bridgehead atoms. The van der Waals surface area contributed by atoms with Crippen molar-refractivity contribution in [1.82, 2.24) is 10.2 Å². The molecule has 2 aliphatic rings. The quantitative estimate of drug-likeness (QED) is 0.680. The number of carbonyl (C=O) groups excluding carboxylic acids is 1. The number of benzene rings is 1. The summed E-state index contributed by atoms with van der Waals surface area (Å²) in [6.45, 7) is 10.6. The first kappa shape index (κ1) is 23.1. The third-order valence-corrected chi connectivity index (χ3v) is 7.33. The Hall–Kier alpha value is -1.55. The molecule has 2 atom stereocenters. The monoisotopic (exact) mass is 414 g/mol. The first-order valence-corrected chi connectivity index (χ1v) is 12.0. The Balaban J connectivity index is 1.65. The van der Waals surface area contributed by atoms with E-state index in [4.69, 9.17) is 4.74 Å². The zero-order valence-electron chi connectivity index (χ0n) is 19.7. The minimum Gasteiger partial charge on any atom is -0.497 e. The highest BCUT2D eigenvalue weighted by atomic mass is 16.5. The second kappa shape index (κ2) is 10.2. The second-order valence-electron chi connectivity index (χ2n) is 10.5. The fraction of sp³-hybridized carbons (Fsp3) is 0.731. The summed E-state index contributed by atoms with van der Waals surface area (Å²) in [4.78, 5) is 15.5. The molecule has 1 aromatic rings. The van der Waals surface area contributed by atoms with Crippen LogP contribution in [-0.4, -0.2) is 43.1 Å². The van der Waals surface area contributed by atoms with Crippen LogP contribution in [0.2, 0.25) is 0 Å². The number of nitrogens with one attached hydrogen (secondary N) is 1. The van der Waals surface area contributed by atoms with E-state index < -0.39 is 0 Å². The number of methoxy groups -OCH3 is 1. The van der Waals surface area contributed by atoms with Crippen molar-refractivity contribution in [1.29, 1.82) is 0 Å². The van der Waals surface area contributed by atoms with Crippen LogP contribution in [0.3, 0.4) is 0 Å². The summed E-state index contributed by atoms with van der Waals surface area (Å²) >= 11 is 0. The predicted molar refractivity (Wildman–Crippen MR) is 124 cm³/mol. The van der Waals surface area contributed by atoms with Gasteiger partial charge in [-0.05, 0) is 75.2 Å². The third kappa shape index (κ3) is 5.78. The van der Waals surface area contributed by atoms with Gasteiger partial charge in [0.1, 0.15) is 5.75 Å². The van der Waals surface area contributed by atoms with Gasteiger partial charge in [0, 0.05) is 17.5 Å². The van der Waals surface area contributed by atoms with Crippen molar-refractivity contribution in [2.24, 2.45) is 11.3 Å². The Labute approximate surface area is 183 Å². The van der Waals surface area contributed by atoms with Gasteiger partial charge < -0.3 is 10.1 Å². The van der Waals surface area contributed by atoms with Crippen molar-refractivity contribution in [3.63, 3.8) is 0 Å². The molecule has 1 saturated heterocycles. The molecule has 168 valence electrons. The van der Waals surface area contributed by atoms with Crippen LogP contribution in [0.5, 0.6) is 5.75 Å². The second-order valence-corrected chi connectivity index (χ2v) is 10.5. The maximum Gasteiger partial charge on any atom is 0.225 e. The van der Waals surface area contributed by atoms with Crippen LogP contribution >= 0.6 is 0 Å². The lowest BCUT2D eigenvalue weighted by atomic mass is 9.79. The summed E-state index contributed by atoms with van der Waals surface area (Å²) in [5.41, 5.74) is 1.05. The fourth-order valence-corrected chi connectivity index (χ4v) is 5.26. The summed E-state index contributed by atoms with van der Waals surface area (Å²) < 4.78 is 5.42. The number of piperidine rings is 1. The molecule has 2 fully saturated rings. The summed E-state index contributed by atoms with van der Waals surface area (Å²) in [6, 6.07) is 9.19. The molecule has 1 unspecified atom stereocenters. The molecule has 1 aromatic carbocycles. The number of amides is 1. The highest BCUT2D eigenvalue weighted by Crippen LogP contribution is 2.34. The summed E-state index contributed by atoms with van der Waals surface area (Å²) in [6.07, 6.45) is 8.79. The van der Waals surface area contributed by atoms with Crippen molar-refractivity contribution >= 4 is 5.91 Å². The van der Waals surface area contributed by atoms with Crippen LogP contribution in [0.4, 0.5) is 0 Å². The number of hydrogen-bond donors (Lipinski definition) is 1. The van der Waals surface area contributed by atoms with E-state index in [2.05, 4.69) is 35.3 Å². The van der Waals surface area contributed by atoms with E-state index in [1.54, 1.807) is 7.11 Å². The van der Waals surface area contributed by atoms with Crippen molar-refractivity contribution in [2.75, 3.05) is 20.2 Å². The van der Waals surface area contributed by atoms with E-state index in [0.717, 1.165) is 18.8 Å². The Bertz CT molecular complexity index is 683. The average molecular weight is 415 g/mol. The van der Waals surface area contributed by atoms with Gasteiger partial charge in [-0.3, -0.25) is 9.69 Å². The highest BCUT2D eigenvalue weighted by Gasteiger charge is 2.36. The number of hydrogen-bond acceptors (Lipinski definition) is 3. The van der Waals surface area contributed by atoms with Gasteiger partial charge in [0.05, 0.1) is 7.11 Å². The minimum atomic E-state index is -0.341. The molecular formula is C26H42N2O2. The van der Waals surface area contributed by atoms with Gasteiger partial charge in [-0.25, -0.2) is 0 Å². The zero-order chi connectivity index (χ0) is 21.7. The van der Waals surface area contributed by atoms with Crippen LogP contribution in [0.15, 0.2) is 24.3 Å². The first-order chi connectivity index (χ1) is 14.3. The van der Waals surface area contributed by atoms with E-state index in [1.165, 1.54) is 50.5 Å². The van der Waals surface area contributed by atoms with E-state index >= 15 is 0 Å². The number of rotatable bonds is 6. The van der Waals surface area contributed by atoms with Crippen LogP contribution < -0.4 is 10.1 Å². The lowest BCUT2D eigenvalue weighted by molar-refractivity contribution is -0.130. The molecule has 0 radical (unpaired) electrons. The van der Waals surface area contributed by atoms with E-state index in [1.807, 2.05) is 26.8 Å². The molecule has 1 heterocycles. The molecule has 4 nitrogen and oxygen atoms in total. The van der Waals surface area contributed by atoms with Crippen molar-refractivity contribution in [3.05, 3.63) is 29.8 Å². The smallest absolute Gasteiger partial charge is 0.225 e. The van der Waals surface area contributed by atoms with Crippen LogP contribution in [0, 0.1) is 11.3 Å².